The van der Waals surface area contributed by atoms with Crippen LogP contribution in [0.5, 0.6) is 0 Å². The number of carbonyl (C=O) groups is 5. The highest BCUT2D eigenvalue weighted by atomic mass is 16.7. The summed E-state index contributed by atoms with van der Waals surface area (Å²) in [6.45, 7) is 11.5. The summed E-state index contributed by atoms with van der Waals surface area (Å²) in [6, 6.07) is 0. The molecule has 0 aromatic carbocycles. The molecule has 47 heavy (non-hydrogen) atoms. The lowest BCUT2D eigenvalue weighted by Crippen LogP contribution is -2.69. The zero-order valence-electron chi connectivity index (χ0n) is 28.4. The number of esters is 5. The van der Waals surface area contributed by atoms with E-state index in [0.717, 1.165) is 46.5 Å². The van der Waals surface area contributed by atoms with Gasteiger partial charge in [0.1, 0.15) is 12.2 Å². The highest BCUT2D eigenvalue weighted by Crippen LogP contribution is 2.65. The summed E-state index contributed by atoms with van der Waals surface area (Å²) >= 11 is 0. The van der Waals surface area contributed by atoms with E-state index in [9.17, 15) is 34.2 Å². The molecule has 13 heteroatoms. The van der Waals surface area contributed by atoms with E-state index in [4.69, 9.17) is 28.4 Å². The van der Waals surface area contributed by atoms with Gasteiger partial charge in [0.25, 0.3) is 0 Å². The van der Waals surface area contributed by atoms with Crippen molar-refractivity contribution in [1.82, 2.24) is 0 Å². The molecule has 1 spiro atoms. The largest absolute Gasteiger partial charge is 0.459 e. The molecular weight excluding hydrogens is 616 g/mol. The van der Waals surface area contributed by atoms with Crippen molar-refractivity contribution in [2.24, 2.45) is 11.3 Å². The van der Waals surface area contributed by atoms with Crippen LogP contribution < -0.4 is 0 Å². The molecule has 0 amide bonds. The predicted molar refractivity (Wildman–Crippen MR) is 163 cm³/mol. The number of aliphatic hydroxyl groups is 2. The molecule has 11 unspecified atom stereocenters. The Kier molecular flexibility index (Phi) is 10.4. The lowest BCUT2D eigenvalue weighted by molar-refractivity contribution is -0.230. The quantitative estimate of drug-likeness (QED) is 0.114. The van der Waals surface area contributed by atoms with Crippen LogP contribution in [0.2, 0.25) is 0 Å². The molecule has 0 saturated carbocycles. The SMILES string of the molecule is CCCCCCCC(=O)OC1C(C)=CC2OC(=O)C3(C)OC23C(OC(C)=O)C2C(C)(O)C(O)C=CC2(C)C(OC(C)=O)C1OC(C)=O. The lowest BCUT2D eigenvalue weighted by atomic mass is 9.55. The first kappa shape index (κ1) is 36.5. The molecule has 262 valence electrons. The number of carbonyl (C=O) groups excluding carboxylic acids is 5. The molecule has 11 atom stereocenters. The number of fused-ring (bicyclic) bond motifs is 1. The average Bonchev–Trinajstić information content (AvgIpc) is 3.55. The topological polar surface area (TPSA) is 184 Å². The third kappa shape index (κ3) is 6.46. The zero-order valence-corrected chi connectivity index (χ0v) is 28.4. The average molecular weight is 665 g/mol. The molecule has 2 N–H and O–H groups in total. The van der Waals surface area contributed by atoms with Crippen LogP contribution in [0.3, 0.4) is 0 Å². The maximum Gasteiger partial charge on any atom is 0.342 e. The first-order valence-corrected chi connectivity index (χ1v) is 16.3. The number of hydrogen-bond acceptors (Lipinski definition) is 13. The summed E-state index contributed by atoms with van der Waals surface area (Å²) in [5, 5.41) is 23.2. The van der Waals surface area contributed by atoms with Crippen molar-refractivity contribution in [3.05, 3.63) is 23.8 Å². The van der Waals surface area contributed by atoms with Gasteiger partial charge in [0, 0.05) is 38.5 Å². The van der Waals surface area contributed by atoms with Crippen LogP contribution in [0.15, 0.2) is 23.8 Å². The van der Waals surface area contributed by atoms with Crippen molar-refractivity contribution in [3.8, 4) is 0 Å². The minimum atomic E-state index is -2.12. The maximum absolute atomic E-state index is 13.3. The van der Waals surface area contributed by atoms with Gasteiger partial charge in [-0.25, -0.2) is 4.79 Å². The van der Waals surface area contributed by atoms with Crippen molar-refractivity contribution in [2.45, 2.75) is 147 Å². The molecule has 2 saturated heterocycles. The van der Waals surface area contributed by atoms with E-state index in [-0.39, 0.29) is 12.0 Å². The molecule has 2 heterocycles. The van der Waals surface area contributed by atoms with Gasteiger partial charge in [-0.15, -0.1) is 0 Å². The van der Waals surface area contributed by atoms with E-state index >= 15 is 0 Å². The van der Waals surface area contributed by atoms with Crippen LogP contribution in [0.25, 0.3) is 0 Å². The van der Waals surface area contributed by atoms with E-state index in [1.54, 1.807) is 13.8 Å². The zero-order chi connectivity index (χ0) is 35.1. The molecule has 4 rings (SSSR count). The van der Waals surface area contributed by atoms with E-state index < -0.39 is 94.6 Å². The van der Waals surface area contributed by atoms with Gasteiger partial charge in [0.05, 0.1) is 5.60 Å². The van der Waals surface area contributed by atoms with Crippen LogP contribution in [0.1, 0.15) is 93.9 Å². The summed E-state index contributed by atoms with van der Waals surface area (Å²) in [4.78, 5) is 64.8. The fourth-order valence-corrected chi connectivity index (χ4v) is 7.73. The molecule has 4 aliphatic rings. The number of ether oxygens (including phenoxy) is 6. The second kappa shape index (κ2) is 13.3. The van der Waals surface area contributed by atoms with Gasteiger partial charge in [-0.05, 0) is 38.8 Å². The van der Waals surface area contributed by atoms with E-state index in [1.807, 2.05) is 0 Å². The van der Waals surface area contributed by atoms with Crippen LogP contribution in [-0.4, -0.2) is 93.5 Å². The maximum atomic E-state index is 13.3. The monoisotopic (exact) mass is 664 g/mol. The summed E-state index contributed by atoms with van der Waals surface area (Å²) < 4.78 is 35.6. The molecule has 2 fully saturated rings. The van der Waals surface area contributed by atoms with E-state index in [1.165, 1.54) is 32.1 Å². The van der Waals surface area contributed by atoms with Crippen molar-refractivity contribution in [1.29, 1.82) is 0 Å². The van der Waals surface area contributed by atoms with E-state index in [2.05, 4.69) is 6.92 Å². The molecular formula is C34H48O13. The fraction of sp³-hybridized carbons (Fsp3) is 0.735. The highest BCUT2D eigenvalue weighted by molar-refractivity contribution is 5.89. The van der Waals surface area contributed by atoms with Crippen molar-refractivity contribution >= 4 is 29.8 Å². The Labute approximate surface area is 274 Å². The van der Waals surface area contributed by atoms with E-state index in [0.29, 0.717) is 6.42 Å². The second-order valence-corrected chi connectivity index (χ2v) is 13.7. The molecule has 0 bridgehead atoms. The number of epoxide rings is 1. The van der Waals surface area contributed by atoms with Crippen LogP contribution >= 0.6 is 0 Å². The predicted octanol–water partition coefficient (Wildman–Crippen LogP) is 2.77. The molecule has 0 aromatic rings. The molecule has 2 aliphatic carbocycles. The summed E-state index contributed by atoms with van der Waals surface area (Å²) in [5.41, 5.74) is -6.81. The van der Waals surface area contributed by atoms with Crippen LogP contribution in [0.4, 0.5) is 0 Å². The highest BCUT2D eigenvalue weighted by Gasteiger charge is 2.88. The van der Waals surface area contributed by atoms with Gasteiger partial charge in [0.15, 0.2) is 35.6 Å². The number of hydrogen-bond donors (Lipinski definition) is 2. The lowest BCUT2D eigenvalue weighted by Gasteiger charge is -2.55. The summed E-state index contributed by atoms with van der Waals surface area (Å²) in [7, 11) is 0. The minimum Gasteiger partial charge on any atom is -0.459 e. The van der Waals surface area contributed by atoms with Crippen molar-refractivity contribution < 1.29 is 62.6 Å². The van der Waals surface area contributed by atoms with Crippen LogP contribution in [0, 0.1) is 11.3 Å². The second-order valence-electron chi connectivity index (χ2n) is 13.7. The Morgan fingerprint density at radius 1 is 0.894 bits per heavy atom. The first-order valence-electron chi connectivity index (χ1n) is 16.3. The van der Waals surface area contributed by atoms with Gasteiger partial charge in [-0.1, -0.05) is 51.7 Å². The van der Waals surface area contributed by atoms with Gasteiger partial charge in [-0.3, -0.25) is 19.2 Å². The first-order chi connectivity index (χ1) is 21.9. The Morgan fingerprint density at radius 3 is 2.06 bits per heavy atom. The molecule has 0 radical (unpaired) electrons. The van der Waals surface area contributed by atoms with Gasteiger partial charge in [0.2, 0.25) is 0 Å². The number of unbranched alkanes of at least 4 members (excludes halogenated alkanes) is 4. The molecule has 13 nitrogen and oxygen atoms in total. The van der Waals surface area contributed by atoms with Crippen LogP contribution in [-0.2, 0) is 52.4 Å². The third-order valence-electron chi connectivity index (χ3n) is 10.1. The summed E-state index contributed by atoms with van der Waals surface area (Å²) in [5.74, 6) is -5.11. The third-order valence-corrected chi connectivity index (χ3v) is 10.1. The fourth-order valence-electron chi connectivity index (χ4n) is 7.73. The molecule has 0 aromatic heterocycles. The minimum absolute atomic E-state index is 0.0667. The van der Waals surface area contributed by atoms with Gasteiger partial charge < -0.3 is 38.6 Å². The Balaban J connectivity index is 1.98. The Bertz CT molecular complexity index is 1330. The molecule has 2 aliphatic heterocycles. The van der Waals surface area contributed by atoms with Crippen molar-refractivity contribution in [3.63, 3.8) is 0 Å². The Hall–Kier alpha value is -3.29. The van der Waals surface area contributed by atoms with Gasteiger partial charge in [-0.2, -0.15) is 0 Å². The smallest absolute Gasteiger partial charge is 0.342 e. The number of aliphatic hydroxyl groups excluding tert-OH is 1. The van der Waals surface area contributed by atoms with Crippen molar-refractivity contribution in [2.75, 3.05) is 0 Å². The Morgan fingerprint density at radius 2 is 1.49 bits per heavy atom. The standard InChI is InChI=1S/C34H48O13/c1-9-10-11-12-13-14-24(39)46-25-18(2)17-23-34(33(8,47-34)30(40)45-23)29(44-21(5)37)27-31(6,16-15-22(38)32(27,7)41)28(43-20(4)36)26(25)42-19(3)35/h15-17,22-23,25-29,38,41H,9-14H2,1-8H3. The normalized spacial score (nSPS) is 40.4. The van der Waals surface area contributed by atoms with Gasteiger partial charge >= 0.3 is 29.8 Å². The summed E-state index contributed by atoms with van der Waals surface area (Å²) in [6.07, 6.45) is 0.0981. The number of rotatable bonds is 10.